The van der Waals surface area contributed by atoms with E-state index in [1.807, 2.05) is 19.1 Å². The molecule has 1 aliphatic rings. The Balaban J connectivity index is 1.78. The van der Waals surface area contributed by atoms with Gasteiger partial charge in [0.05, 0.1) is 24.0 Å². The van der Waals surface area contributed by atoms with Crippen molar-refractivity contribution in [2.75, 3.05) is 6.61 Å². The van der Waals surface area contributed by atoms with Crippen molar-refractivity contribution in [2.24, 2.45) is 5.10 Å². The zero-order valence-electron chi connectivity index (χ0n) is 18.6. The fourth-order valence-electron chi connectivity index (χ4n) is 3.88. The number of carbonyl (C=O) groups excluding carboxylic acids is 1. The number of hydrogen-bond acceptors (Lipinski definition) is 6. The second-order valence-electron chi connectivity index (χ2n) is 7.63. The van der Waals surface area contributed by atoms with Crippen LogP contribution in [0, 0.1) is 0 Å². The number of hydrogen-bond donors (Lipinski definition) is 2. The van der Waals surface area contributed by atoms with Gasteiger partial charge in [0.25, 0.3) is 5.56 Å². The van der Waals surface area contributed by atoms with Crippen LogP contribution in [-0.4, -0.2) is 37.9 Å². The molecule has 0 saturated heterocycles. The Morgan fingerprint density at radius 2 is 1.82 bits per heavy atom. The molecular weight excluding hydrogens is 460 g/mol. The fourth-order valence-corrected chi connectivity index (χ4v) is 4.01. The standard InChI is InChI=1S/C24H23ClN4O5/c1-3-20(30)29-19(14-5-11-17(12-6-14)34-4-2)13-18(27-29)21-22(31)26-24(33)28(23(21)32)16-9-7-15(25)8-10-16/h5-12,19,32H,3-4,13H2,1-2H3,(H,26,31,33)/t19-/m0/s1. The molecule has 4 rings (SSSR count). The fraction of sp³-hybridized carbons (Fsp3) is 0.250. The Hall–Kier alpha value is -3.85. The van der Waals surface area contributed by atoms with Gasteiger partial charge in [-0.25, -0.2) is 14.4 Å². The molecule has 1 aromatic heterocycles. The van der Waals surface area contributed by atoms with Gasteiger partial charge in [-0.15, -0.1) is 0 Å². The van der Waals surface area contributed by atoms with Crippen molar-refractivity contribution >= 4 is 23.2 Å². The lowest BCUT2D eigenvalue weighted by molar-refractivity contribution is -0.132. The number of carbonyl (C=O) groups is 1. The van der Waals surface area contributed by atoms with E-state index < -0.39 is 23.2 Å². The van der Waals surface area contributed by atoms with Gasteiger partial charge in [0.15, 0.2) is 0 Å². The summed E-state index contributed by atoms with van der Waals surface area (Å²) in [5, 5.41) is 17.1. The number of aromatic nitrogens is 2. The predicted octanol–water partition coefficient (Wildman–Crippen LogP) is 3.37. The lowest BCUT2D eigenvalue weighted by Crippen LogP contribution is -2.33. The first-order chi connectivity index (χ1) is 16.3. The molecule has 0 saturated carbocycles. The molecule has 1 atom stereocenters. The molecular formula is C24H23ClN4O5. The molecule has 9 nitrogen and oxygen atoms in total. The Morgan fingerprint density at radius 1 is 1.15 bits per heavy atom. The highest BCUT2D eigenvalue weighted by Crippen LogP contribution is 2.35. The maximum atomic E-state index is 12.7. The van der Waals surface area contributed by atoms with E-state index in [0.29, 0.717) is 23.1 Å². The first-order valence-electron chi connectivity index (χ1n) is 10.8. The molecule has 2 heterocycles. The van der Waals surface area contributed by atoms with Crippen LogP contribution in [0.2, 0.25) is 5.02 Å². The van der Waals surface area contributed by atoms with E-state index in [4.69, 9.17) is 16.3 Å². The molecule has 2 aromatic carbocycles. The smallest absolute Gasteiger partial charge is 0.335 e. The Morgan fingerprint density at radius 3 is 2.44 bits per heavy atom. The van der Waals surface area contributed by atoms with Crippen LogP contribution >= 0.6 is 11.6 Å². The van der Waals surface area contributed by atoms with Crippen LogP contribution in [0.15, 0.2) is 63.2 Å². The van der Waals surface area contributed by atoms with Gasteiger partial charge in [0, 0.05) is 17.9 Å². The second kappa shape index (κ2) is 9.56. The van der Waals surface area contributed by atoms with E-state index in [9.17, 15) is 19.5 Å². The highest BCUT2D eigenvalue weighted by atomic mass is 35.5. The summed E-state index contributed by atoms with van der Waals surface area (Å²) < 4.78 is 6.45. The summed E-state index contributed by atoms with van der Waals surface area (Å²) in [6.45, 7) is 4.14. The Bertz CT molecular complexity index is 1360. The third-order valence-corrected chi connectivity index (χ3v) is 5.76. The summed E-state index contributed by atoms with van der Waals surface area (Å²) in [4.78, 5) is 40.1. The molecule has 0 spiro atoms. The maximum Gasteiger partial charge on any atom is 0.335 e. The van der Waals surface area contributed by atoms with E-state index in [2.05, 4.69) is 10.1 Å². The highest BCUT2D eigenvalue weighted by molar-refractivity contribution is 6.30. The summed E-state index contributed by atoms with van der Waals surface area (Å²) in [7, 11) is 0. The topological polar surface area (TPSA) is 117 Å². The first-order valence-corrected chi connectivity index (χ1v) is 11.2. The zero-order chi connectivity index (χ0) is 24.4. The molecule has 0 radical (unpaired) electrons. The minimum absolute atomic E-state index is 0.170. The van der Waals surface area contributed by atoms with Crippen molar-refractivity contribution in [3.8, 4) is 17.3 Å². The van der Waals surface area contributed by atoms with Crippen LogP contribution in [0.25, 0.3) is 5.69 Å². The van der Waals surface area contributed by atoms with Crippen molar-refractivity contribution < 1.29 is 14.6 Å². The predicted molar refractivity (Wildman–Crippen MR) is 128 cm³/mol. The molecule has 2 N–H and O–H groups in total. The van der Waals surface area contributed by atoms with Crippen molar-refractivity contribution in [2.45, 2.75) is 32.7 Å². The normalized spacial score (nSPS) is 15.3. The molecule has 0 aliphatic carbocycles. The quantitative estimate of drug-likeness (QED) is 0.558. The van der Waals surface area contributed by atoms with Crippen LogP contribution in [0.3, 0.4) is 0 Å². The van der Waals surface area contributed by atoms with E-state index in [0.717, 1.165) is 10.1 Å². The molecule has 10 heteroatoms. The summed E-state index contributed by atoms with van der Waals surface area (Å²) in [5.74, 6) is -0.107. The van der Waals surface area contributed by atoms with E-state index in [1.165, 1.54) is 17.1 Å². The molecule has 1 amide bonds. The summed E-state index contributed by atoms with van der Waals surface area (Å²) in [6, 6.07) is 13.0. The number of ether oxygens (including phenoxy) is 1. The van der Waals surface area contributed by atoms with Gasteiger partial charge in [-0.2, -0.15) is 5.10 Å². The number of nitrogens with one attached hydrogen (secondary N) is 1. The lowest BCUT2D eigenvalue weighted by Gasteiger charge is -2.21. The largest absolute Gasteiger partial charge is 0.494 e. The van der Waals surface area contributed by atoms with Crippen LogP contribution in [0.1, 0.15) is 43.9 Å². The van der Waals surface area contributed by atoms with Crippen LogP contribution < -0.4 is 16.0 Å². The number of aromatic amines is 1. The van der Waals surface area contributed by atoms with Gasteiger partial charge in [0.1, 0.15) is 11.3 Å². The van der Waals surface area contributed by atoms with Gasteiger partial charge < -0.3 is 9.84 Å². The number of aromatic hydroxyl groups is 1. The number of nitrogens with zero attached hydrogens (tertiary/aromatic N) is 3. The number of amides is 1. The monoisotopic (exact) mass is 482 g/mol. The highest BCUT2D eigenvalue weighted by Gasteiger charge is 2.35. The van der Waals surface area contributed by atoms with Crippen LogP contribution in [0.5, 0.6) is 11.6 Å². The van der Waals surface area contributed by atoms with E-state index in [-0.39, 0.29) is 30.0 Å². The molecule has 34 heavy (non-hydrogen) atoms. The first kappa shape index (κ1) is 23.3. The lowest BCUT2D eigenvalue weighted by atomic mass is 9.99. The second-order valence-corrected chi connectivity index (χ2v) is 8.07. The van der Waals surface area contributed by atoms with Crippen molar-refractivity contribution in [3.05, 3.63) is 85.5 Å². The third-order valence-electron chi connectivity index (χ3n) is 5.50. The third kappa shape index (κ3) is 4.34. The van der Waals surface area contributed by atoms with Gasteiger partial charge in [-0.05, 0) is 48.9 Å². The van der Waals surface area contributed by atoms with Crippen molar-refractivity contribution in [1.29, 1.82) is 0 Å². The van der Waals surface area contributed by atoms with Gasteiger partial charge >= 0.3 is 5.69 Å². The Kier molecular flexibility index (Phi) is 6.56. The van der Waals surface area contributed by atoms with Gasteiger partial charge in [0.2, 0.25) is 11.8 Å². The summed E-state index contributed by atoms with van der Waals surface area (Å²) in [6.07, 6.45) is 0.381. The molecule has 0 fully saturated rings. The van der Waals surface area contributed by atoms with Crippen molar-refractivity contribution in [1.82, 2.24) is 14.6 Å². The minimum Gasteiger partial charge on any atom is -0.494 e. The average Bonchev–Trinajstić information content (AvgIpc) is 3.25. The van der Waals surface area contributed by atoms with Gasteiger partial charge in [-0.1, -0.05) is 30.7 Å². The molecule has 0 bridgehead atoms. The number of rotatable bonds is 6. The average molecular weight is 483 g/mol. The summed E-state index contributed by atoms with van der Waals surface area (Å²) >= 11 is 5.93. The number of benzene rings is 2. The molecule has 0 unspecified atom stereocenters. The Labute approximate surface area is 199 Å². The molecule has 3 aromatic rings. The van der Waals surface area contributed by atoms with E-state index in [1.54, 1.807) is 31.2 Å². The van der Waals surface area contributed by atoms with E-state index >= 15 is 0 Å². The number of halogens is 1. The SMILES string of the molecule is CCOc1ccc([C@@H]2CC(c3c(O)n(-c4ccc(Cl)cc4)c(=O)[nH]c3=O)=NN2C(=O)CC)cc1. The molecule has 176 valence electrons. The maximum absolute atomic E-state index is 12.7. The van der Waals surface area contributed by atoms with Crippen LogP contribution in [-0.2, 0) is 4.79 Å². The van der Waals surface area contributed by atoms with Crippen LogP contribution in [0.4, 0.5) is 0 Å². The van der Waals surface area contributed by atoms with Gasteiger partial charge in [-0.3, -0.25) is 14.6 Å². The minimum atomic E-state index is -0.809. The molecule has 1 aliphatic heterocycles. The number of hydrazone groups is 1. The summed E-state index contributed by atoms with van der Waals surface area (Å²) in [5.41, 5.74) is -0.461. The van der Waals surface area contributed by atoms with Crippen molar-refractivity contribution in [3.63, 3.8) is 0 Å². The number of H-pyrrole nitrogens is 1. The zero-order valence-corrected chi connectivity index (χ0v) is 19.4.